The number of nitrogens with two attached hydrogens (primary N) is 1. The average molecular weight is 272 g/mol. The molecule has 0 bridgehead atoms. The molecule has 4 atom stereocenters. The van der Waals surface area contributed by atoms with Gasteiger partial charge in [-0.3, -0.25) is 11.3 Å². The van der Waals surface area contributed by atoms with E-state index in [1.165, 1.54) is 37.7 Å². The van der Waals surface area contributed by atoms with E-state index in [1.807, 2.05) is 0 Å². The van der Waals surface area contributed by atoms with Gasteiger partial charge in [0.15, 0.2) is 0 Å². The summed E-state index contributed by atoms with van der Waals surface area (Å²) in [7, 11) is 0. The lowest BCUT2D eigenvalue weighted by atomic mass is 9.69. The maximum Gasteiger partial charge on any atom is 0.0335 e. The molecule has 3 rings (SSSR count). The molecule has 3 N–H and O–H groups in total. The predicted molar refractivity (Wildman–Crippen MR) is 84.1 cm³/mol. The Hall–Kier alpha value is -0.860. The van der Waals surface area contributed by atoms with E-state index in [0.717, 1.165) is 17.8 Å². The molecule has 0 heterocycles. The van der Waals surface area contributed by atoms with Crippen LogP contribution in [-0.2, 0) is 5.41 Å². The number of hydrogen-bond donors (Lipinski definition) is 2. The fourth-order valence-corrected chi connectivity index (χ4v) is 4.32. The molecule has 0 radical (unpaired) electrons. The van der Waals surface area contributed by atoms with Crippen LogP contribution in [0.1, 0.15) is 51.5 Å². The Morgan fingerprint density at radius 2 is 1.80 bits per heavy atom. The molecule has 2 saturated carbocycles. The predicted octanol–water partition coefficient (Wildman–Crippen LogP) is 3.62. The molecule has 0 spiro atoms. The summed E-state index contributed by atoms with van der Waals surface area (Å²) < 4.78 is 0. The van der Waals surface area contributed by atoms with Crippen LogP contribution in [0.3, 0.4) is 0 Å². The Morgan fingerprint density at radius 1 is 1.10 bits per heavy atom. The van der Waals surface area contributed by atoms with Crippen LogP contribution in [0, 0.1) is 17.8 Å². The van der Waals surface area contributed by atoms with Gasteiger partial charge in [-0.2, -0.15) is 0 Å². The molecule has 2 aliphatic rings. The van der Waals surface area contributed by atoms with Crippen molar-refractivity contribution in [3.8, 4) is 0 Å². The second kappa shape index (κ2) is 5.50. The summed E-state index contributed by atoms with van der Waals surface area (Å²) in [6, 6.07) is 11.4. The van der Waals surface area contributed by atoms with Crippen molar-refractivity contribution in [2.45, 2.75) is 57.4 Å². The topological polar surface area (TPSA) is 38.0 Å². The van der Waals surface area contributed by atoms with Gasteiger partial charge in [0.25, 0.3) is 0 Å². The second-order valence-corrected chi connectivity index (χ2v) is 7.19. The molecule has 4 unspecified atom stereocenters. The summed E-state index contributed by atoms with van der Waals surface area (Å²) >= 11 is 0. The first-order valence-electron chi connectivity index (χ1n) is 8.19. The SMILES string of the molecule is CC1CCC(C(NN)C2(c3ccccc3)CC2)CC1C. The Morgan fingerprint density at radius 3 is 2.35 bits per heavy atom. The number of nitrogens with one attached hydrogen (secondary N) is 1. The van der Waals surface area contributed by atoms with Gasteiger partial charge in [0.2, 0.25) is 0 Å². The van der Waals surface area contributed by atoms with Crippen molar-refractivity contribution < 1.29 is 0 Å². The van der Waals surface area contributed by atoms with Gasteiger partial charge in [-0.1, -0.05) is 50.6 Å². The minimum absolute atomic E-state index is 0.307. The zero-order valence-corrected chi connectivity index (χ0v) is 12.8. The van der Waals surface area contributed by atoms with Crippen molar-refractivity contribution in [3.05, 3.63) is 35.9 Å². The fourth-order valence-electron chi connectivity index (χ4n) is 4.32. The van der Waals surface area contributed by atoms with E-state index >= 15 is 0 Å². The van der Waals surface area contributed by atoms with Gasteiger partial charge in [0, 0.05) is 11.5 Å². The lowest BCUT2D eigenvalue weighted by molar-refractivity contribution is 0.152. The van der Waals surface area contributed by atoms with Crippen molar-refractivity contribution in [1.82, 2.24) is 5.43 Å². The molecule has 110 valence electrons. The van der Waals surface area contributed by atoms with Crippen molar-refractivity contribution in [2.24, 2.45) is 23.6 Å². The molecule has 0 saturated heterocycles. The average Bonchev–Trinajstić information content (AvgIpc) is 3.26. The molecule has 2 aliphatic carbocycles. The number of hydrazine groups is 1. The molecular weight excluding hydrogens is 244 g/mol. The largest absolute Gasteiger partial charge is 0.271 e. The van der Waals surface area contributed by atoms with Gasteiger partial charge in [-0.25, -0.2) is 0 Å². The highest BCUT2D eigenvalue weighted by Gasteiger charge is 2.53. The summed E-state index contributed by atoms with van der Waals surface area (Å²) in [5, 5.41) is 0. The van der Waals surface area contributed by atoms with E-state index < -0.39 is 0 Å². The van der Waals surface area contributed by atoms with Crippen LogP contribution in [-0.4, -0.2) is 6.04 Å². The molecule has 2 nitrogen and oxygen atoms in total. The molecule has 1 aromatic rings. The summed E-state index contributed by atoms with van der Waals surface area (Å²) in [6.07, 6.45) is 6.58. The van der Waals surface area contributed by atoms with Crippen LogP contribution in [0.4, 0.5) is 0 Å². The Balaban J connectivity index is 1.80. The molecule has 0 aromatic heterocycles. The van der Waals surface area contributed by atoms with E-state index in [9.17, 15) is 0 Å². The Bertz CT molecular complexity index is 438. The molecule has 20 heavy (non-hydrogen) atoms. The minimum atomic E-state index is 0.307. The zero-order chi connectivity index (χ0) is 14.2. The smallest absolute Gasteiger partial charge is 0.0335 e. The number of hydrogen-bond acceptors (Lipinski definition) is 2. The maximum atomic E-state index is 6.00. The van der Waals surface area contributed by atoms with Gasteiger partial charge in [0.1, 0.15) is 0 Å². The normalized spacial score (nSPS) is 33.6. The van der Waals surface area contributed by atoms with Gasteiger partial charge < -0.3 is 0 Å². The van der Waals surface area contributed by atoms with Gasteiger partial charge in [-0.15, -0.1) is 0 Å². The van der Waals surface area contributed by atoms with Crippen LogP contribution >= 0.6 is 0 Å². The first-order valence-corrected chi connectivity index (χ1v) is 8.19. The van der Waals surface area contributed by atoms with Crippen LogP contribution in [0.5, 0.6) is 0 Å². The van der Waals surface area contributed by atoms with Crippen LogP contribution in [0.15, 0.2) is 30.3 Å². The number of benzene rings is 1. The second-order valence-electron chi connectivity index (χ2n) is 7.19. The first kappa shape index (κ1) is 14.1. The standard InChI is InChI=1S/C18H28N2/c1-13-8-9-15(12-14(13)2)17(20-19)18(10-11-18)16-6-4-3-5-7-16/h3-7,13-15,17,20H,8-12,19H2,1-2H3. The third-order valence-corrected chi connectivity index (χ3v) is 6.02. The summed E-state index contributed by atoms with van der Waals surface area (Å²) in [6.45, 7) is 4.81. The monoisotopic (exact) mass is 272 g/mol. The van der Waals surface area contributed by atoms with Crippen LogP contribution in [0.25, 0.3) is 0 Å². The van der Waals surface area contributed by atoms with Gasteiger partial charge in [-0.05, 0) is 49.0 Å². The van der Waals surface area contributed by atoms with Crippen LogP contribution < -0.4 is 11.3 Å². The van der Waals surface area contributed by atoms with Crippen molar-refractivity contribution in [2.75, 3.05) is 0 Å². The van der Waals surface area contributed by atoms with Crippen LogP contribution in [0.2, 0.25) is 0 Å². The third kappa shape index (κ3) is 2.40. The molecule has 2 heteroatoms. The lowest BCUT2D eigenvalue weighted by Gasteiger charge is -2.40. The van der Waals surface area contributed by atoms with Gasteiger partial charge in [0.05, 0.1) is 0 Å². The van der Waals surface area contributed by atoms with E-state index in [-0.39, 0.29) is 0 Å². The molecular formula is C18H28N2. The minimum Gasteiger partial charge on any atom is -0.271 e. The first-order chi connectivity index (χ1) is 9.67. The van der Waals surface area contributed by atoms with Crippen molar-refractivity contribution in [3.63, 3.8) is 0 Å². The van der Waals surface area contributed by atoms with E-state index in [1.54, 1.807) is 0 Å². The quantitative estimate of drug-likeness (QED) is 0.649. The molecule has 2 fully saturated rings. The zero-order valence-electron chi connectivity index (χ0n) is 12.8. The third-order valence-electron chi connectivity index (χ3n) is 6.02. The maximum absolute atomic E-state index is 6.00. The number of rotatable bonds is 4. The summed E-state index contributed by atoms with van der Waals surface area (Å²) in [5.41, 5.74) is 5.00. The van der Waals surface area contributed by atoms with Crippen molar-refractivity contribution in [1.29, 1.82) is 0 Å². The summed E-state index contributed by atoms with van der Waals surface area (Å²) in [4.78, 5) is 0. The van der Waals surface area contributed by atoms with Gasteiger partial charge >= 0.3 is 0 Å². The highest BCUT2D eigenvalue weighted by atomic mass is 15.2. The molecule has 0 amide bonds. The molecule has 1 aromatic carbocycles. The van der Waals surface area contributed by atoms with Crippen molar-refractivity contribution >= 4 is 0 Å². The Labute approximate surface area is 123 Å². The van der Waals surface area contributed by atoms with E-state index in [2.05, 4.69) is 49.6 Å². The Kier molecular flexibility index (Phi) is 3.87. The van der Waals surface area contributed by atoms with E-state index in [0.29, 0.717) is 11.5 Å². The lowest BCUT2D eigenvalue weighted by Crippen LogP contribution is -2.50. The fraction of sp³-hybridized carbons (Fsp3) is 0.667. The summed E-state index contributed by atoms with van der Waals surface area (Å²) in [5.74, 6) is 8.43. The highest BCUT2D eigenvalue weighted by molar-refractivity contribution is 5.34. The highest BCUT2D eigenvalue weighted by Crippen LogP contribution is 2.54. The van der Waals surface area contributed by atoms with E-state index in [4.69, 9.17) is 5.84 Å². The molecule has 0 aliphatic heterocycles.